The number of ether oxygens (including phenoxy) is 1. The smallest absolute Gasteiger partial charge is 0.378 e. The zero-order valence-corrected chi connectivity index (χ0v) is 20.5. The fourth-order valence-electron chi connectivity index (χ4n) is 5.25. The van der Waals surface area contributed by atoms with E-state index in [1.54, 1.807) is 6.92 Å². The molecule has 3 saturated heterocycles. The van der Waals surface area contributed by atoms with E-state index in [9.17, 15) is 31.1 Å². The molecule has 9 nitrogen and oxygen atoms in total. The van der Waals surface area contributed by atoms with Crippen molar-refractivity contribution < 1.29 is 31.1 Å². The molecule has 1 unspecified atom stereocenters. The molecular weight excluding hydrogens is 508 g/mol. The molecule has 37 heavy (non-hydrogen) atoms. The van der Waals surface area contributed by atoms with E-state index in [2.05, 4.69) is 30.8 Å². The first-order valence-corrected chi connectivity index (χ1v) is 12.5. The van der Waals surface area contributed by atoms with Crippen LogP contribution in [0.1, 0.15) is 31.7 Å². The topological polar surface area (TPSA) is 97.5 Å². The van der Waals surface area contributed by atoms with Crippen LogP contribution in [0.4, 0.5) is 32.0 Å². The van der Waals surface area contributed by atoms with Crippen LogP contribution in [-0.4, -0.2) is 96.5 Å². The molecule has 1 aromatic rings. The van der Waals surface area contributed by atoms with Crippen molar-refractivity contribution in [1.82, 2.24) is 30.6 Å². The number of H-pyrrole nitrogens is 1. The Morgan fingerprint density at radius 2 is 1.73 bits per heavy atom. The number of hydrogen-bond donors (Lipinski definition) is 4. The van der Waals surface area contributed by atoms with Gasteiger partial charge in [-0.05, 0) is 26.2 Å². The van der Waals surface area contributed by atoms with Crippen molar-refractivity contribution in [2.75, 3.05) is 51.2 Å². The zero-order chi connectivity index (χ0) is 26.8. The molecular formula is C22H33F6N7O2. The van der Waals surface area contributed by atoms with E-state index in [0.717, 1.165) is 45.1 Å². The lowest BCUT2D eigenvalue weighted by Crippen LogP contribution is -2.64. The number of halogens is 6. The van der Waals surface area contributed by atoms with Crippen LogP contribution in [0.3, 0.4) is 0 Å². The van der Waals surface area contributed by atoms with E-state index < -0.39 is 35.4 Å². The molecule has 3 aliphatic rings. The molecule has 210 valence electrons. The highest BCUT2D eigenvalue weighted by Crippen LogP contribution is 2.32. The summed E-state index contributed by atoms with van der Waals surface area (Å²) in [5.41, 5.74) is -3.00. The summed E-state index contributed by atoms with van der Waals surface area (Å²) in [6.07, 6.45) is -5.79. The Hall–Kier alpha value is -1.94. The van der Waals surface area contributed by atoms with E-state index in [-0.39, 0.29) is 37.8 Å². The minimum Gasteiger partial charge on any atom is -0.378 e. The Kier molecular flexibility index (Phi) is 8.68. The highest BCUT2D eigenvalue weighted by Gasteiger charge is 2.43. The molecule has 3 aliphatic heterocycles. The molecule has 0 radical (unpaired) electrons. The molecule has 4 N–H and O–H groups in total. The van der Waals surface area contributed by atoms with Gasteiger partial charge in [0, 0.05) is 51.4 Å². The molecule has 15 heteroatoms. The predicted octanol–water partition coefficient (Wildman–Crippen LogP) is 1.80. The van der Waals surface area contributed by atoms with Gasteiger partial charge in [0.1, 0.15) is 11.9 Å². The van der Waals surface area contributed by atoms with Gasteiger partial charge in [0.15, 0.2) is 0 Å². The minimum atomic E-state index is -4.81. The maximum atomic E-state index is 13.2. The summed E-state index contributed by atoms with van der Waals surface area (Å²) in [7, 11) is 0. The van der Waals surface area contributed by atoms with Gasteiger partial charge in [0.2, 0.25) is 0 Å². The number of hydrogen-bond acceptors (Lipinski definition) is 8. The minimum absolute atomic E-state index is 0.0531. The van der Waals surface area contributed by atoms with Crippen LogP contribution in [-0.2, 0) is 10.9 Å². The fraction of sp³-hybridized carbons (Fsp3) is 0.818. The first-order valence-electron chi connectivity index (χ1n) is 12.5. The van der Waals surface area contributed by atoms with Crippen molar-refractivity contribution in [3.05, 3.63) is 22.1 Å². The number of alkyl halides is 6. The Morgan fingerprint density at radius 1 is 1.08 bits per heavy atom. The van der Waals surface area contributed by atoms with Crippen molar-refractivity contribution in [2.24, 2.45) is 5.92 Å². The first kappa shape index (κ1) is 28.1. The van der Waals surface area contributed by atoms with Crippen molar-refractivity contribution in [2.45, 2.75) is 63.0 Å². The molecule has 0 saturated carbocycles. The maximum Gasteiger partial charge on any atom is 0.423 e. The molecule has 3 fully saturated rings. The number of anilines is 1. The van der Waals surface area contributed by atoms with E-state index in [1.165, 1.54) is 0 Å². The molecule has 0 aliphatic carbocycles. The third-order valence-electron chi connectivity index (χ3n) is 7.26. The molecule has 0 amide bonds. The normalized spacial score (nSPS) is 27.9. The Morgan fingerprint density at radius 3 is 2.35 bits per heavy atom. The summed E-state index contributed by atoms with van der Waals surface area (Å²) in [5.74, 6) is -1.38. The predicted molar refractivity (Wildman–Crippen MR) is 123 cm³/mol. The van der Waals surface area contributed by atoms with Gasteiger partial charge in [-0.25, -0.2) is 5.10 Å². The average molecular weight is 542 g/mol. The maximum absolute atomic E-state index is 13.2. The zero-order valence-electron chi connectivity index (χ0n) is 20.5. The van der Waals surface area contributed by atoms with Crippen LogP contribution in [0.5, 0.6) is 0 Å². The largest absolute Gasteiger partial charge is 0.423 e. The second-order valence-corrected chi connectivity index (χ2v) is 9.99. The molecule has 0 spiro atoms. The Bertz CT molecular complexity index is 943. The van der Waals surface area contributed by atoms with Crippen LogP contribution in [0.2, 0.25) is 0 Å². The van der Waals surface area contributed by atoms with Gasteiger partial charge >= 0.3 is 12.4 Å². The number of likely N-dealkylation sites (tertiary alicyclic amines) is 2. The SMILES string of the molecule is C[C@@H](COC1CCN(C2CCN(C3NCC(C(F)(F)F)CN3)CC2)C1)Nc1cn[nH]c(=O)c1C(F)(F)F. The van der Waals surface area contributed by atoms with Crippen molar-refractivity contribution >= 4 is 5.69 Å². The Labute approximate surface area is 210 Å². The standard InChI is InChI=1S/C22H33F6N7O2/c1-13(32-17-10-31-33-19(36)18(17)22(26,27)28)12-37-16-4-7-35(11-16)15-2-5-34(6-3-15)20-29-8-14(9-30-20)21(23,24)25/h10,13-16,20,29-30H,2-9,11-12H2,1H3,(H2,32,33,36)/t13-,14?,16?,20?/m0/s1. The van der Waals surface area contributed by atoms with Crippen LogP contribution in [0, 0.1) is 5.92 Å². The second kappa shape index (κ2) is 11.4. The van der Waals surface area contributed by atoms with Gasteiger partial charge in [-0.15, -0.1) is 0 Å². The molecule has 0 bridgehead atoms. The van der Waals surface area contributed by atoms with Gasteiger partial charge in [-0.1, -0.05) is 0 Å². The average Bonchev–Trinajstić information content (AvgIpc) is 3.31. The van der Waals surface area contributed by atoms with E-state index in [1.807, 2.05) is 5.10 Å². The van der Waals surface area contributed by atoms with Gasteiger partial charge in [-0.3, -0.25) is 25.2 Å². The third kappa shape index (κ3) is 7.13. The highest BCUT2D eigenvalue weighted by molar-refractivity contribution is 5.50. The number of aromatic nitrogens is 2. The summed E-state index contributed by atoms with van der Waals surface area (Å²) >= 11 is 0. The fourth-order valence-corrected chi connectivity index (χ4v) is 5.25. The van der Waals surface area contributed by atoms with Crippen LogP contribution in [0.25, 0.3) is 0 Å². The Balaban J connectivity index is 1.18. The van der Waals surface area contributed by atoms with E-state index >= 15 is 0 Å². The highest BCUT2D eigenvalue weighted by atomic mass is 19.4. The summed E-state index contributed by atoms with van der Waals surface area (Å²) in [6.45, 7) is 4.75. The number of aromatic amines is 1. The van der Waals surface area contributed by atoms with Crippen molar-refractivity contribution in [3.8, 4) is 0 Å². The summed E-state index contributed by atoms with van der Waals surface area (Å²) in [6, 6.07) is -0.127. The third-order valence-corrected chi connectivity index (χ3v) is 7.26. The second-order valence-electron chi connectivity index (χ2n) is 9.99. The van der Waals surface area contributed by atoms with E-state index in [0.29, 0.717) is 12.6 Å². The lowest BCUT2D eigenvalue weighted by atomic mass is 10.0. The number of nitrogens with zero attached hydrogens (tertiary/aromatic N) is 3. The molecule has 4 heterocycles. The lowest BCUT2D eigenvalue weighted by molar-refractivity contribution is -0.179. The molecule has 0 aromatic carbocycles. The van der Waals surface area contributed by atoms with Gasteiger partial charge in [-0.2, -0.15) is 31.4 Å². The first-order chi connectivity index (χ1) is 17.4. The quantitative estimate of drug-likeness (QED) is 0.388. The molecule has 1 aromatic heterocycles. The summed E-state index contributed by atoms with van der Waals surface area (Å²) < 4.78 is 84.2. The monoisotopic (exact) mass is 541 g/mol. The lowest BCUT2D eigenvalue weighted by Gasteiger charge is -2.43. The molecule has 2 atom stereocenters. The van der Waals surface area contributed by atoms with Crippen LogP contribution >= 0.6 is 0 Å². The summed E-state index contributed by atoms with van der Waals surface area (Å²) in [4.78, 5) is 16.1. The van der Waals surface area contributed by atoms with Crippen LogP contribution < -0.4 is 21.5 Å². The summed E-state index contributed by atoms with van der Waals surface area (Å²) in [5, 5.41) is 13.9. The molecule has 4 rings (SSSR count). The number of nitrogens with one attached hydrogen (secondary N) is 4. The number of rotatable bonds is 7. The van der Waals surface area contributed by atoms with Crippen molar-refractivity contribution in [3.63, 3.8) is 0 Å². The van der Waals surface area contributed by atoms with Gasteiger partial charge < -0.3 is 10.1 Å². The van der Waals surface area contributed by atoms with Gasteiger partial charge in [0.05, 0.1) is 30.5 Å². The number of piperidine rings is 1. The van der Waals surface area contributed by atoms with Crippen molar-refractivity contribution in [1.29, 1.82) is 0 Å². The van der Waals surface area contributed by atoms with E-state index in [4.69, 9.17) is 4.74 Å². The van der Waals surface area contributed by atoms with Crippen LogP contribution in [0.15, 0.2) is 11.0 Å². The van der Waals surface area contributed by atoms with Gasteiger partial charge in [0.25, 0.3) is 5.56 Å².